The smallest absolute Gasteiger partial charge is 0.410 e. The number of hydrogen-bond donors (Lipinski definition) is 1. The average molecular weight is 502 g/mol. The van der Waals surface area contributed by atoms with E-state index in [0.29, 0.717) is 12.0 Å². The molecule has 7 nitrogen and oxygen atoms in total. The number of aliphatic carboxylic acids is 1. The maximum Gasteiger partial charge on any atom is 0.410 e. The van der Waals surface area contributed by atoms with E-state index in [1.807, 2.05) is 42.5 Å². The molecule has 0 radical (unpaired) electrons. The Hall–Kier alpha value is -4.13. The molecule has 0 unspecified atom stereocenters. The van der Waals surface area contributed by atoms with E-state index < -0.39 is 30.2 Å². The van der Waals surface area contributed by atoms with Crippen molar-refractivity contribution in [2.45, 2.75) is 38.7 Å². The maximum atomic E-state index is 13.0. The van der Waals surface area contributed by atoms with Crippen molar-refractivity contribution in [1.29, 1.82) is 0 Å². The Kier molecular flexibility index (Phi) is 7.62. The second-order valence-corrected chi connectivity index (χ2v) is 10.1. The molecule has 3 aromatic carbocycles. The van der Waals surface area contributed by atoms with Crippen LogP contribution in [0.3, 0.4) is 0 Å². The lowest BCUT2D eigenvalue weighted by Crippen LogP contribution is -2.38. The van der Waals surface area contributed by atoms with E-state index in [1.54, 1.807) is 39.0 Å². The summed E-state index contributed by atoms with van der Waals surface area (Å²) < 4.78 is 11.1. The Balaban J connectivity index is 1.43. The van der Waals surface area contributed by atoms with Crippen molar-refractivity contribution in [2.24, 2.45) is 0 Å². The molecule has 0 bridgehead atoms. The van der Waals surface area contributed by atoms with Gasteiger partial charge in [0.2, 0.25) is 0 Å². The maximum absolute atomic E-state index is 13.0. The molecule has 1 aliphatic carbocycles. The quantitative estimate of drug-likeness (QED) is 0.409. The topological polar surface area (TPSA) is 93.1 Å². The molecule has 4 rings (SSSR count). The van der Waals surface area contributed by atoms with Crippen LogP contribution in [0.1, 0.15) is 53.7 Å². The molecule has 1 N–H and O–H groups in total. The van der Waals surface area contributed by atoms with Gasteiger partial charge in [-0.3, -0.25) is 9.69 Å². The SMILES string of the molecule is CC(C)(C)OC(=O)c1cccc(CCN(CC(=O)O)C(=O)OCC2c3ccccc3-c3ccccc32)c1. The molecule has 192 valence electrons. The molecule has 0 fully saturated rings. The normalized spacial score (nSPS) is 12.4. The van der Waals surface area contributed by atoms with Gasteiger partial charge in [0.1, 0.15) is 18.8 Å². The molecule has 0 saturated carbocycles. The number of carbonyl (C=O) groups is 3. The highest BCUT2D eigenvalue weighted by atomic mass is 16.6. The number of esters is 1. The van der Waals surface area contributed by atoms with E-state index in [2.05, 4.69) is 12.1 Å². The molecule has 0 heterocycles. The van der Waals surface area contributed by atoms with Crippen molar-refractivity contribution in [2.75, 3.05) is 19.7 Å². The summed E-state index contributed by atoms with van der Waals surface area (Å²) in [6, 6.07) is 23.0. The van der Waals surface area contributed by atoms with Crippen LogP contribution in [0.4, 0.5) is 4.79 Å². The summed E-state index contributed by atoms with van der Waals surface area (Å²) >= 11 is 0. The standard InChI is InChI=1S/C30H31NO6/c1-30(2,3)37-28(34)21-10-8-9-20(17-21)15-16-31(18-27(32)33)29(35)36-19-26-24-13-6-4-11-22(24)23-12-5-7-14-25(23)26/h4-14,17,26H,15-16,18-19H2,1-3H3,(H,32,33). The highest BCUT2D eigenvalue weighted by Crippen LogP contribution is 2.44. The molecule has 0 aromatic heterocycles. The lowest BCUT2D eigenvalue weighted by molar-refractivity contribution is -0.138. The summed E-state index contributed by atoms with van der Waals surface area (Å²) in [6.07, 6.45) is -0.332. The highest BCUT2D eigenvalue weighted by molar-refractivity contribution is 5.89. The van der Waals surface area contributed by atoms with E-state index in [0.717, 1.165) is 27.8 Å². The second kappa shape index (κ2) is 10.9. The largest absolute Gasteiger partial charge is 0.480 e. The Labute approximate surface area is 216 Å². The summed E-state index contributed by atoms with van der Waals surface area (Å²) in [6.45, 7) is 5.15. The van der Waals surface area contributed by atoms with Gasteiger partial charge >= 0.3 is 18.0 Å². The molecule has 0 saturated heterocycles. The molecule has 0 spiro atoms. The van der Waals surface area contributed by atoms with Crippen molar-refractivity contribution >= 4 is 18.0 Å². The van der Waals surface area contributed by atoms with Gasteiger partial charge in [0.05, 0.1) is 5.56 Å². The molecule has 1 amide bonds. The van der Waals surface area contributed by atoms with Crippen molar-refractivity contribution in [1.82, 2.24) is 4.90 Å². The Morgan fingerprint density at radius 3 is 2.11 bits per heavy atom. The molecular weight excluding hydrogens is 470 g/mol. The molecule has 0 aliphatic heterocycles. The van der Waals surface area contributed by atoms with E-state index in [9.17, 15) is 19.5 Å². The van der Waals surface area contributed by atoms with E-state index >= 15 is 0 Å². The first-order valence-corrected chi connectivity index (χ1v) is 12.3. The highest BCUT2D eigenvalue weighted by Gasteiger charge is 2.30. The van der Waals surface area contributed by atoms with Gasteiger partial charge in [-0.25, -0.2) is 9.59 Å². The third kappa shape index (κ3) is 6.36. The summed E-state index contributed by atoms with van der Waals surface area (Å²) in [4.78, 5) is 38.0. The minimum atomic E-state index is -1.13. The number of hydrogen-bond acceptors (Lipinski definition) is 5. The van der Waals surface area contributed by atoms with Crippen LogP contribution in [0.15, 0.2) is 72.8 Å². The first-order chi connectivity index (χ1) is 17.6. The van der Waals surface area contributed by atoms with Gasteiger partial charge < -0.3 is 14.6 Å². The lowest BCUT2D eigenvalue weighted by Gasteiger charge is -2.22. The number of rotatable bonds is 8. The lowest BCUT2D eigenvalue weighted by atomic mass is 9.98. The molecule has 3 aromatic rings. The fourth-order valence-electron chi connectivity index (χ4n) is 4.54. The van der Waals surface area contributed by atoms with E-state index in [1.165, 1.54) is 4.90 Å². The van der Waals surface area contributed by atoms with Gasteiger partial charge in [0.15, 0.2) is 0 Å². The summed E-state index contributed by atoms with van der Waals surface area (Å²) in [5.41, 5.74) is 4.97. The number of carboxylic acids is 1. The van der Waals surface area contributed by atoms with E-state index in [-0.39, 0.29) is 19.1 Å². The zero-order valence-corrected chi connectivity index (χ0v) is 21.3. The van der Waals surface area contributed by atoms with Crippen molar-refractivity contribution in [3.63, 3.8) is 0 Å². The molecule has 0 atom stereocenters. The average Bonchev–Trinajstić information content (AvgIpc) is 3.18. The van der Waals surface area contributed by atoms with Crippen LogP contribution >= 0.6 is 0 Å². The number of benzene rings is 3. The van der Waals surface area contributed by atoms with Gasteiger partial charge in [0, 0.05) is 12.5 Å². The summed E-state index contributed by atoms with van der Waals surface area (Å²) in [5.74, 6) is -1.68. The van der Waals surface area contributed by atoms with Crippen LogP contribution in [-0.2, 0) is 20.7 Å². The van der Waals surface area contributed by atoms with Gasteiger partial charge in [-0.15, -0.1) is 0 Å². The summed E-state index contributed by atoms with van der Waals surface area (Å²) in [7, 11) is 0. The van der Waals surface area contributed by atoms with Crippen LogP contribution < -0.4 is 0 Å². The summed E-state index contributed by atoms with van der Waals surface area (Å²) in [5, 5.41) is 9.38. The molecule has 1 aliphatic rings. The number of nitrogens with zero attached hydrogens (tertiary/aromatic N) is 1. The molecule has 7 heteroatoms. The predicted octanol–water partition coefficient (Wildman–Crippen LogP) is 5.52. The van der Waals surface area contributed by atoms with Crippen molar-refractivity contribution in [3.05, 3.63) is 95.1 Å². The van der Waals surface area contributed by atoms with Gasteiger partial charge in [0.25, 0.3) is 0 Å². The van der Waals surface area contributed by atoms with Crippen LogP contribution in [0.2, 0.25) is 0 Å². The second-order valence-electron chi connectivity index (χ2n) is 10.1. The number of amides is 1. The molecular formula is C30H31NO6. The van der Waals surface area contributed by atoms with Crippen LogP contribution in [-0.4, -0.2) is 53.3 Å². The Morgan fingerprint density at radius 1 is 0.892 bits per heavy atom. The molecule has 37 heavy (non-hydrogen) atoms. The van der Waals surface area contributed by atoms with Gasteiger partial charge in [-0.05, 0) is 67.1 Å². The van der Waals surface area contributed by atoms with Crippen molar-refractivity contribution < 1.29 is 29.0 Å². The minimum Gasteiger partial charge on any atom is -0.480 e. The minimum absolute atomic E-state index is 0.108. The number of ether oxygens (including phenoxy) is 2. The third-order valence-electron chi connectivity index (χ3n) is 6.15. The predicted molar refractivity (Wildman–Crippen MR) is 140 cm³/mol. The zero-order chi connectivity index (χ0) is 26.6. The van der Waals surface area contributed by atoms with Crippen molar-refractivity contribution in [3.8, 4) is 11.1 Å². The monoisotopic (exact) mass is 501 g/mol. The number of fused-ring (bicyclic) bond motifs is 3. The van der Waals surface area contributed by atoms with Crippen LogP contribution in [0.5, 0.6) is 0 Å². The van der Waals surface area contributed by atoms with Gasteiger partial charge in [-0.1, -0.05) is 60.7 Å². The number of carboxylic acid groups (broad SMARTS) is 1. The van der Waals surface area contributed by atoms with E-state index in [4.69, 9.17) is 9.47 Å². The fraction of sp³-hybridized carbons (Fsp3) is 0.300. The fourth-order valence-corrected chi connectivity index (χ4v) is 4.54. The Bertz CT molecular complexity index is 1260. The third-order valence-corrected chi connectivity index (χ3v) is 6.15. The first-order valence-electron chi connectivity index (χ1n) is 12.3. The zero-order valence-electron chi connectivity index (χ0n) is 21.3. The van der Waals surface area contributed by atoms with Crippen LogP contribution in [0, 0.1) is 0 Å². The van der Waals surface area contributed by atoms with Crippen LogP contribution in [0.25, 0.3) is 11.1 Å². The number of carbonyl (C=O) groups excluding carboxylic acids is 2. The first kappa shape index (κ1) is 25.9. The van der Waals surface area contributed by atoms with Gasteiger partial charge in [-0.2, -0.15) is 0 Å². The Morgan fingerprint density at radius 2 is 1.51 bits per heavy atom.